The van der Waals surface area contributed by atoms with Crippen LogP contribution in [0, 0.1) is 6.92 Å². The molecule has 154 valence electrons. The van der Waals surface area contributed by atoms with Crippen LogP contribution >= 0.6 is 0 Å². The number of carbonyl (C=O) groups excluding carboxylic acids is 2. The molecule has 29 heavy (non-hydrogen) atoms. The zero-order valence-electron chi connectivity index (χ0n) is 17.2. The van der Waals surface area contributed by atoms with Gasteiger partial charge in [0.25, 0.3) is 5.91 Å². The zero-order chi connectivity index (χ0) is 21.4. The number of rotatable bonds is 8. The molecule has 2 aromatic rings. The van der Waals surface area contributed by atoms with Crippen LogP contribution in [0.4, 0.5) is 5.69 Å². The molecule has 0 fully saturated rings. The van der Waals surface area contributed by atoms with E-state index in [1.165, 1.54) is 32.3 Å². The number of hydrogen-bond acceptors (Lipinski definition) is 6. The number of esters is 1. The third kappa shape index (κ3) is 5.75. The van der Waals surface area contributed by atoms with Crippen molar-refractivity contribution in [2.24, 2.45) is 0 Å². The van der Waals surface area contributed by atoms with Gasteiger partial charge in [0, 0.05) is 18.8 Å². The number of aryl methyl sites for hydroxylation is 1. The summed E-state index contributed by atoms with van der Waals surface area (Å²) >= 11 is 0. The van der Waals surface area contributed by atoms with E-state index in [0.29, 0.717) is 22.8 Å². The van der Waals surface area contributed by atoms with Gasteiger partial charge in [-0.3, -0.25) is 4.79 Å². The monoisotopic (exact) mass is 399 g/mol. The lowest BCUT2D eigenvalue weighted by Gasteiger charge is -2.17. The predicted octanol–water partition coefficient (Wildman–Crippen LogP) is 3.24. The molecule has 0 N–H and O–H groups in total. The SMILES string of the molecule is COc1cc(C=CC(=O)OCC(=O)N(C)c2cccc(C)c2)cc(OC)c1OC. The molecular formula is C22H25NO6. The molecule has 0 aliphatic carbocycles. The van der Waals surface area contributed by atoms with Crippen molar-refractivity contribution >= 4 is 23.6 Å². The largest absolute Gasteiger partial charge is 0.493 e. The fraction of sp³-hybridized carbons (Fsp3) is 0.273. The Bertz CT molecular complexity index is 881. The molecule has 0 heterocycles. The van der Waals surface area contributed by atoms with Gasteiger partial charge in [0.2, 0.25) is 5.75 Å². The second-order valence-electron chi connectivity index (χ2n) is 6.19. The lowest BCUT2D eigenvalue weighted by Crippen LogP contribution is -2.30. The molecule has 0 bridgehead atoms. The lowest BCUT2D eigenvalue weighted by atomic mass is 10.1. The van der Waals surface area contributed by atoms with Crippen molar-refractivity contribution in [1.29, 1.82) is 0 Å². The number of likely N-dealkylation sites (N-methyl/N-ethyl adjacent to an activating group) is 1. The maximum absolute atomic E-state index is 12.2. The van der Waals surface area contributed by atoms with E-state index in [2.05, 4.69) is 0 Å². The highest BCUT2D eigenvalue weighted by Gasteiger charge is 2.14. The van der Waals surface area contributed by atoms with E-state index >= 15 is 0 Å². The summed E-state index contributed by atoms with van der Waals surface area (Å²) in [5, 5.41) is 0. The first-order valence-electron chi connectivity index (χ1n) is 8.87. The summed E-state index contributed by atoms with van der Waals surface area (Å²) in [4.78, 5) is 25.7. The molecule has 0 unspecified atom stereocenters. The molecule has 7 nitrogen and oxygen atoms in total. The van der Waals surface area contributed by atoms with Gasteiger partial charge >= 0.3 is 5.97 Å². The van der Waals surface area contributed by atoms with E-state index in [0.717, 1.165) is 11.3 Å². The van der Waals surface area contributed by atoms with Gasteiger partial charge in [-0.2, -0.15) is 0 Å². The Kier molecular flexibility index (Phi) is 7.65. The van der Waals surface area contributed by atoms with Crippen LogP contribution in [-0.2, 0) is 14.3 Å². The van der Waals surface area contributed by atoms with E-state index in [-0.39, 0.29) is 12.5 Å². The van der Waals surface area contributed by atoms with Crippen LogP contribution in [0.1, 0.15) is 11.1 Å². The molecule has 0 radical (unpaired) electrons. The number of anilines is 1. The average molecular weight is 399 g/mol. The average Bonchev–Trinajstić information content (AvgIpc) is 2.74. The highest BCUT2D eigenvalue weighted by atomic mass is 16.5. The first-order chi connectivity index (χ1) is 13.9. The van der Waals surface area contributed by atoms with Gasteiger partial charge in [0.05, 0.1) is 21.3 Å². The van der Waals surface area contributed by atoms with Crippen LogP contribution in [0.2, 0.25) is 0 Å². The number of benzene rings is 2. The highest BCUT2D eigenvalue weighted by molar-refractivity contribution is 5.96. The minimum atomic E-state index is -0.634. The summed E-state index contributed by atoms with van der Waals surface area (Å²) in [7, 11) is 6.17. The number of ether oxygens (including phenoxy) is 4. The Morgan fingerprint density at radius 1 is 1.00 bits per heavy atom. The molecule has 2 rings (SSSR count). The van der Waals surface area contributed by atoms with E-state index < -0.39 is 5.97 Å². The first kappa shape index (κ1) is 21.8. The van der Waals surface area contributed by atoms with Crippen LogP contribution in [-0.4, -0.2) is 46.9 Å². The summed E-state index contributed by atoms with van der Waals surface area (Å²) < 4.78 is 20.9. The Morgan fingerprint density at radius 2 is 1.66 bits per heavy atom. The van der Waals surface area contributed by atoms with Gasteiger partial charge in [-0.25, -0.2) is 4.79 Å². The molecule has 0 atom stereocenters. The van der Waals surface area contributed by atoms with Gasteiger partial charge in [-0.15, -0.1) is 0 Å². The second-order valence-corrected chi connectivity index (χ2v) is 6.19. The zero-order valence-corrected chi connectivity index (χ0v) is 17.2. The van der Waals surface area contributed by atoms with Crippen molar-refractivity contribution in [3.8, 4) is 17.2 Å². The minimum Gasteiger partial charge on any atom is -0.493 e. The topological polar surface area (TPSA) is 74.3 Å². The first-order valence-corrected chi connectivity index (χ1v) is 8.87. The van der Waals surface area contributed by atoms with Crippen molar-refractivity contribution in [3.63, 3.8) is 0 Å². The molecule has 0 aliphatic heterocycles. The van der Waals surface area contributed by atoms with Crippen molar-refractivity contribution in [3.05, 3.63) is 53.6 Å². The van der Waals surface area contributed by atoms with Crippen LogP contribution < -0.4 is 19.1 Å². The number of carbonyl (C=O) groups is 2. The Morgan fingerprint density at radius 3 is 2.21 bits per heavy atom. The lowest BCUT2D eigenvalue weighted by molar-refractivity contribution is -0.142. The van der Waals surface area contributed by atoms with E-state index in [1.807, 2.05) is 31.2 Å². The molecule has 0 aromatic heterocycles. The Balaban J connectivity index is 2.00. The third-order valence-corrected chi connectivity index (χ3v) is 4.20. The second kappa shape index (κ2) is 10.2. The van der Waals surface area contributed by atoms with Crippen molar-refractivity contribution in [2.75, 3.05) is 39.9 Å². The van der Waals surface area contributed by atoms with E-state index in [1.54, 1.807) is 25.3 Å². The molecule has 0 aliphatic rings. The summed E-state index contributed by atoms with van der Waals surface area (Å²) in [5.74, 6) is 0.430. The van der Waals surface area contributed by atoms with Gasteiger partial charge in [-0.1, -0.05) is 12.1 Å². The number of nitrogens with zero attached hydrogens (tertiary/aromatic N) is 1. The Labute approximate surface area is 170 Å². The van der Waals surface area contributed by atoms with Gasteiger partial charge in [-0.05, 0) is 48.4 Å². The molecule has 0 saturated carbocycles. The fourth-order valence-corrected chi connectivity index (χ4v) is 2.62. The summed E-state index contributed by atoms with van der Waals surface area (Å²) in [6.45, 7) is 1.58. The maximum Gasteiger partial charge on any atom is 0.331 e. The van der Waals surface area contributed by atoms with Gasteiger partial charge in [0.15, 0.2) is 18.1 Å². The quantitative estimate of drug-likeness (QED) is 0.501. The standard InChI is InChI=1S/C22H25NO6/c1-15-7-6-8-17(11-15)23(2)20(24)14-29-21(25)10-9-16-12-18(26-3)22(28-5)19(13-16)27-4/h6-13H,14H2,1-5H3. The normalized spacial score (nSPS) is 10.5. The fourth-order valence-electron chi connectivity index (χ4n) is 2.62. The van der Waals surface area contributed by atoms with Crippen LogP contribution in [0.3, 0.4) is 0 Å². The number of methoxy groups -OCH3 is 3. The predicted molar refractivity (Wildman–Crippen MR) is 111 cm³/mol. The number of amides is 1. The molecular weight excluding hydrogens is 374 g/mol. The highest BCUT2D eigenvalue weighted by Crippen LogP contribution is 2.38. The van der Waals surface area contributed by atoms with Crippen LogP contribution in [0.15, 0.2) is 42.5 Å². The molecule has 0 spiro atoms. The van der Waals surface area contributed by atoms with Gasteiger partial charge < -0.3 is 23.8 Å². The van der Waals surface area contributed by atoms with Crippen LogP contribution in [0.5, 0.6) is 17.2 Å². The third-order valence-electron chi connectivity index (χ3n) is 4.20. The Hall–Kier alpha value is -3.48. The van der Waals surface area contributed by atoms with E-state index in [9.17, 15) is 9.59 Å². The van der Waals surface area contributed by atoms with Crippen molar-refractivity contribution in [2.45, 2.75) is 6.92 Å². The smallest absolute Gasteiger partial charge is 0.331 e. The summed E-state index contributed by atoms with van der Waals surface area (Å²) in [6, 6.07) is 10.9. The molecule has 7 heteroatoms. The summed E-state index contributed by atoms with van der Waals surface area (Å²) in [5.41, 5.74) is 2.42. The van der Waals surface area contributed by atoms with E-state index in [4.69, 9.17) is 18.9 Å². The number of hydrogen-bond donors (Lipinski definition) is 0. The van der Waals surface area contributed by atoms with Crippen molar-refractivity contribution in [1.82, 2.24) is 0 Å². The molecule has 1 amide bonds. The molecule has 2 aromatic carbocycles. The van der Waals surface area contributed by atoms with Crippen molar-refractivity contribution < 1.29 is 28.5 Å². The summed E-state index contributed by atoms with van der Waals surface area (Å²) in [6.07, 6.45) is 2.78. The maximum atomic E-state index is 12.2. The van der Waals surface area contributed by atoms with Crippen LogP contribution in [0.25, 0.3) is 6.08 Å². The minimum absolute atomic E-state index is 0.329. The van der Waals surface area contributed by atoms with Gasteiger partial charge in [0.1, 0.15) is 0 Å². The molecule has 0 saturated heterocycles.